The van der Waals surface area contributed by atoms with Crippen LogP contribution in [0.15, 0.2) is 24.3 Å². The maximum absolute atomic E-state index is 12.4. The van der Waals surface area contributed by atoms with Gasteiger partial charge in [0.25, 0.3) is 0 Å². The molecule has 0 aromatic heterocycles. The molecule has 1 fully saturated rings. The van der Waals surface area contributed by atoms with Crippen molar-refractivity contribution in [3.8, 4) is 11.5 Å². The average molecular weight is 447 g/mol. The number of morpholine rings is 1. The smallest absolute Gasteiger partial charge is 0.412 e. The molecular formula is C21H35ClN2O6. The fourth-order valence-electron chi connectivity index (χ4n) is 2.70. The van der Waals surface area contributed by atoms with Crippen molar-refractivity contribution in [3.63, 3.8) is 0 Å². The second kappa shape index (κ2) is 13.5. The first kappa shape index (κ1) is 26.3. The first-order valence-corrected chi connectivity index (χ1v) is 10.2. The van der Waals surface area contributed by atoms with Crippen molar-refractivity contribution in [2.75, 3.05) is 39.5 Å². The molecule has 1 aliphatic heterocycles. The number of hydrogen-bond donors (Lipinski definition) is 1. The van der Waals surface area contributed by atoms with Crippen LogP contribution >= 0.6 is 12.4 Å². The standard InChI is InChI=1S/C21H34N2O6.ClH/c1-5-25-19-8-6-7-9-20(19)28-13-17-12-23(10-11-26-17)21(24)29-16(4)27-14-18(22)15(2)3;/h6-9,15-18H,5,10-14,22H2,1-4H3;1H/t16?,17-,18+;/m0./s1. The van der Waals surface area contributed by atoms with E-state index in [1.165, 1.54) is 0 Å². The summed E-state index contributed by atoms with van der Waals surface area (Å²) in [6, 6.07) is 7.39. The normalized spacial score (nSPS) is 18.3. The quantitative estimate of drug-likeness (QED) is 0.552. The Balaban J connectivity index is 0.00000450. The van der Waals surface area contributed by atoms with Gasteiger partial charge in [0, 0.05) is 12.6 Å². The van der Waals surface area contributed by atoms with Crippen molar-refractivity contribution in [1.29, 1.82) is 0 Å². The summed E-state index contributed by atoms with van der Waals surface area (Å²) in [7, 11) is 0. The number of rotatable bonds is 10. The molecule has 1 heterocycles. The number of para-hydroxylation sites is 2. The van der Waals surface area contributed by atoms with Crippen LogP contribution < -0.4 is 15.2 Å². The van der Waals surface area contributed by atoms with Crippen LogP contribution in [0.1, 0.15) is 27.7 Å². The molecular weight excluding hydrogens is 412 g/mol. The molecule has 172 valence electrons. The minimum Gasteiger partial charge on any atom is -0.490 e. The summed E-state index contributed by atoms with van der Waals surface area (Å²) in [5, 5.41) is 0. The minimum atomic E-state index is -0.664. The van der Waals surface area contributed by atoms with E-state index in [1.54, 1.807) is 11.8 Å². The van der Waals surface area contributed by atoms with Crippen molar-refractivity contribution in [1.82, 2.24) is 4.90 Å². The Kier molecular flexibility index (Phi) is 11.9. The minimum absolute atomic E-state index is 0. The van der Waals surface area contributed by atoms with Crippen LogP contribution in [-0.4, -0.2) is 68.9 Å². The van der Waals surface area contributed by atoms with Crippen LogP contribution in [0.2, 0.25) is 0 Å². The predicted molar refractivity (Wildman–Crippen MR) is 116 cm³/mol. The molecule has 1 unspecified atom stereocenters. The van der Waals surface area contributed by atoms with Crippen LogP contribution in [0.3, 0.4) is 0 Å². The fourth-order valence-corrected chi connectivity index (χ4v) is 2.70. The van der Waals surface area contributed by atoms with Crippen molar-refractivity contribution >= 4 is 18.5 Å². The van der Waals surface area contributed by atoms with E-state index < -0.39 is 12.4 Å². The summed E-state index contributed by atoms with van der Waals surface area (Å²) in [4.78, 5) is 14.0. The van der Waals surface area contributed by atoms with Gasteiger partial charge in [-0.2, -0.15) is 0 Å². The number of ether oxygens (including phenoxy) is 5. The largest absolute Gasteiger partial charge is 0.490 e. The van der Waals surface area contributed by atoms with Gasteiger partial charge >= 0.3 is 6.09 Å². The molecule has 1 aliphatic rings. The molecule has 1 aromatic rings. The van der Waals surface area contributed by atoms with E-state index in [0.717, 1.165) is 0 Å². The van der Waals surface area contributed by atoms with Gasteiger partial charge in [0.15, 0.2) is 11.5 Å². The lowest BCUT2D eigenvalue weighted by Crippen LogP contribution is -2.48. The Bertz CT molecular complexity index is 633. The van der Waals surface area contributed by atoms with E-state index in [2.05, 4.69) is 0 Å². The predicted octanol–water partition coefficient (Wildman–Crippen LogP) is 3.07. The van der Waals surface area contributed by atoms with E-state index in [9.17, 15) is 4.79 Å². The molecule has 0 radical (unpaired) electrons. The van der Waals surface area contributed by atoms with Gasteiger partial charge in [-0.05, 0) is 31.9 Å². The average Bonchev–Trinajstić information content (AvgIpc) is 2.71. The Morgan fingerprint density at radius 1 is 1.23 bits per heavy atom. The Morgan fingerprint density at radius 2 is 1.90 bits per heavy atom. The number of halogens is 1. The van der Waals surface area contributed by atoms with E-state index in [1.807, 2.05) is 45.0 Å². The number of carbonyl (C=O) groups excluding carboxylic acids is 1. The van der Waals surface area contributed by atoms with Gasteiger partial charge < -0.3 is 34.3 Å². The lowest BCUT2D eigenvalue weighted by molar-refractivity contribution is -0.114. The molecule has 9 heteroatoms. The highest BCUT2D eigenvalue weighted by atomic mass is 35.5. The first-order valence-electron chi connectivity index (χ1n) is 10.2. The fraction of sp³-hybridized carbons (Fsp3) is 0.667. The van der Waals surface area contributed by atoms with E-state index in [0.29, 0.717) is 56.9 Å². The number of nitrogens with zero attached hydrogens (tertiary/aromatic N) is 1. The van der Waals surface area contributed by atoms with Gasteiger partial charge in [-0.3, -0.25) is 0 Å². The molecule has 0 spiro atoms. The highest BCUT2D eigenvalue weighted by molar-refractivity contribution is 5.85. The zero-order chi connectivity index (χ0) is 21.2. The lowest BCUT2D eigenvalue weighted by Gasteiger charge is -2.33. The summed E-state index contributed by atoms with van der Waals surface area (Å²) in [6.07, 6.45) is -1.35. The monoisotopic (exact) mass is 446 g/mol. The van der Waals surface area contributed by atoms with Crippen LogP contribution in [0, 0.1) is 5.92 Å². The van der Waals surface area contributed by atoms with Crippen molar-refractivity contribution < 1.29 is 28.5 Å². The summed E-state index contributed by atoms with van der Waals surface area (Å²) < 4.78 is 28.1. The van der Waals surface area contributed by atoms with Crippen molar-refractivity contribution in [2.45, 2.75) is 46.1 Å². The lowest BCUT2D eigenvalue weighted by atomic mass is 10.1. The summed E-state index contributed by atoms with van der Waals surface area (Å²) in [5.74, 6) is 1.64. The van der Waals surface area contributed by atoms with Crippen LogP contribution in [0.5, 0.6) is 11.5 Å². The number of carbonyl (C=O) groups is 1. The van der Waals surface area contributed by atoms with Crippen LogP contribution in [0.25, 0.3) is 0 Å². The maximum atomic E-state index is 12.4. The van der Waals surface area contributed by atoms with E-state index >= 15 is 0 Å². The third-order valence-electron chi connectivity index (χ3n) is 4.62. The number of amides is 1. The molecule has 0 bridgehead atoms. The molecule has 0 aliphatic carbocycles. The van der Waals surface area contributed by atoms with Gasteiger partial charge in [-0.15, -0.1) is 12.4 Å². The topological polar surface area (TPSA) is 92.5 Å². The van der Waals surface area contributed by atoms with Gasteiger partial charge in [-0.1, -0.05) is 26.0 Å². The maximum Gasteiger partial charge on any atom is 0.412 e. The van der Waals surface area contributed by atoms with Gasteiger partial charge in [0.1, 0.15) is 12.7 Å². The molecule has 2 N–H and O–H groups in total. The molecule has 1 amide bonds. The second-order valence-corrected chi connectivity index (χ2v) is 7.32. The zero-order valence-corrected chi connectivity index (χ0v) is 19.1. The number of nitrogens with two attached hydrogens (primary N) is 1. The Morgan fingerprint density at radius 3 is 2.53 bits per heavy atom. The first-order chi connectivity index (χ1) is 13.9. The third kappa shape index (κ3) is 8.55. The SMILES string of the molecule is CCOc1ccccc1OC[C@@H]1CN(C(=O)OC(C)OC[C@@H](N)C(C)C)CCO1.Cl. The van der Waals surface area contributed by atoms with Crippen molar-refractivity contribution in [3.05, 3.63) is 24.3 Å². The van der Waals surface area contributed by atoms with Gasteiger partial charge in [0.05, 0.1) is 26.4 Å². The third-order valence-corrected chi connectivity index (χ3v) is 4.62. The highest BCUT2D eigenvalue weighted by Crippen LogP contribution is 2.26. The van der Waals surface area contributed by atoms with Crippen molar-refractivity contribution in [2.24, 2.45) is 11.7 Å². The molecule has 30 heavy (non-hydrogen) atoms. The number of benzene rings is 1. The summed E-state index contributed by atoms with van der Waals surface area (Å²) in [5.41, 5.74) is 5.95. The van der Waals surface area contributed by atoms with Gasteiger partial charge in [0.2, 0.25) is 6.29 Å². The molecule has 0 saturated carbocycles. The van der Waals surface area contributed by atoms with Crippen LogP contribution in [0.4, 0.5) is 4.79 Å². The van der Waals surface area contributed by atoms with E-state index in [-0.39, 0.29) is 24.6 Å². The molecule has 2 rings (SSSR count). The summed E-state index contributed by atoms with van der Waals surface area (Å²) >= 11 is 0. The Hall–Kier alpha value is -1.74. The summed E-state index contributed by atoms with van der Waals surface area (Å²) in [6.45, 7) is 10.1. The Labute approximate surface area is 185 Å². The van der Waals surface area contributed by atoms with Gasteiger partial charge in [-0.25, -0.2) is 4.79 Å². The molecule has 1 saturated heterocycles. The van der Waals surface area contributed by atoms with Crippen LogP contribution in [-0.2, 0) is 14.2 Å². The number of hydrogen-bond acceptors (Lipinski definition) is 7. The zero-order valence-electron chi connectivity index (χ0n) is 18.2. The molecule has 8 nitrogen and oxygen atoms in total. The second-order valence-electron chi connectivity index (χ2n) is 7.32. The molecule has 1 aromatic carbocycles. The molecule has 3 atom stereocenters. The highest BCUT2D eigenvalue weighted by Gasteiger charge is 2.27. The van der Waals surface area contributed by atoms with E-state index in [4.69, 9.17) is 29.4 Å².